The first-order valence-corrected chi connectivity index (χ1v) is 8.69. The highest BCUT2D eigenvalue weighted by molar-refractivity contribution is 6.31. The van der Waals surface area contributed by atoms with Crippen molar-refractivity contribution < 1.29 is 13.2 Å². The van der Waals surface area contributed by atoms with Crippen LogP contribution in [0, 0.1) is 6.92 Å². The van der Waals surface area contributed by atoms with E-state index >= 15 is 0 Å². The van der Waals surface area contributed by atoms with Gasteiger partial charge < -0.3 is 0 Å². The van der Waals surface area contributed by atoms with E-state index in [0.717, 1.165) is 17.7 Å². The van der Waals surface area contributed by atoms with Crippen molar-refractivity contribution in [3.63, 3.8) is 0 Å². The number of rotatable bonds is 2. The molecule has 0 radical (unpaired) electrons. The predicted octanol–water partition coefficient (Wildman–Crippen LogP) is 5.13. The van der Waals surface area contributed by atoms with Crippen molar-refractivity contribution in [2.75, 3.05) is 0 Å². The lowest BCUT2D eigenvalue weighted by Gasteiger charge is -2.14. The number of benzene rings is 2. The number of aromatic nitrogens is 3. The van der Waals surface area contributed by atoms with Gasteiger partial charge in [-0.25, -0.2) is 9.67 Å². The molecule has 4 nitrogen and oxygen atoms in total. The third-order valence-corrected chi connectivity index (χ3v) is 4.81. The van der Waals surface area contributed by atoms with Gasteiger partial charge in [0.15, 0.2) is 5.65 Å². The highest BCUT2D eigenvalue weighted by Crippen LogP contribution is 2.32. The molecule has 4 aromatic rings. The van der Waals surface area contributed by atoms with Gasteiger partial charge in [0.2, 0.25) is 0 Å². The fourth-order valence-corrected chi connectivity index (χ4v) is 3.20. The number of hydrogen-bond acceptors (Lipinski definition) is 2. The van der Waals surface area contributed by atoms with Crippen molar-refractivity contribution in [1.29, 1.82) is 0 Å². The normalized spacial score (nSPS) is 11.9. The Labute approximate surface area is 162 Å². The molecule has 2 heterocycles. The van der Waals surface area contributed by atoms with Gasteiger partial charge in [0, 0.05) is 11.6 Å². The molecule has 0 bridgehead atoms. The Kier molecular flexibility index (Phi) is 4.27. The molecule has 0 aliphatic carbocycles. The lowest BCUT2D eigenvalue weighted by molar-refractivity contribution is -0.137. The van der Waals surface area contributed by atoms with E-state index in [9.17, 15) is 18.0 Å². The summed E-state index contributed by atoms with van der Waals surface area (Å²) in [5.41, 5.74) is 0.696. The summed E-state index contributed by atoms with van der Waals surface area (Å²) in [6, 6.07) is 15.5. The summed E-state index contributed by atoms with van der Waals surface area (Å²) in [5.74, 6) is 0. The molecule has 0 aliphatic rings. The van der Waals surface area contributed by atoms with Gasteiger partial charge in [-0.15, -0.1) is 0 Å². The first kappa shape index (κ1) is 18.3. The fraction of sp³-hybridized carbons (Fsp3) is 0.100. The van der Waals surface area contributed by atoms with E-state index in [4.69, 9.17) is 11.6 Å². The molecule has 0 saturated carbocycles. The number of aryl methyl sites for hydroxylation is 1. The van der Waals surface area contributed by atoms with E-state index in [1.54, 1.807) is 37.3 Å². The average Bonchev–Trinajstić information content (AvgIpc) is 3.05. The van der Waals surface area contributed by atoms with Crippen LogP contribution < -0.4 is 5.56 Å². The molecule has 2 aromatic carbocycles. The number of hydrogen-bond donors (Lipinski definition) is 0. The molecule has 0 aliphatic heterocycles. The Morgan fingerprint density at radius 2 is 1.71 bits per heavy atom. The number of halogens is 4. The van der Waals surface area contributed by atoms with E-state index in [0.29, 0.717) is 17.0 Å². The minimum atomic E-state index is -4.51. The lowest BCUT2D eigenvalue weighted by atomic mass is 10.1. The standard InChI is InChI=1S/C20H13ClF3N3O/c1-12-18(21)19(28)27-17(25-12)11-16(13-6-3-2-4-7-13)26(27)15-9-5-8-14(10-15)20(22,23)24/h2-11H,1H3. The maximum atomic E-state index is 13.2. The van der Waals surface area contributed by atoms with Crippen molar-refractivity contribution in [3.8, 4) is 16.9 Å². The van der Waals surface area contributed by atoms with Gasteiger partial charge in [-0.1, -0.05) is 48.0 Å². The van der Waals surface area contributed by atoms with Crippen molar-refractivity contribution in [2.24, 2.45) is 0 Å². The summed E-state index contributed by atoms with van der Waals surface area (Å²) < 4.78 is 42.3. The van der Waals surface area contributed by atoms with Gasteiger partial charge >= 0.3 is 6.18 Å². The van der Waals surface area contributed by atoms with Crippen LogP contribution in [0.2, 0.25) is 5.02 Å². The average molecular weight is 404 g/mol. The molecule has 0 atom stereocenters. The lowest BCUT2D eigenvalue weighted by Crippen LogP contribution is -2.22. The summed E-state index contributed by atoms with van der Waals surface area (Å²) in [7, 11) is 0. The Morgan fingerprint density at radius 3 is 2.39 bits per heavy atom. The summed E-state index contributed by atoms with van der Waals surface area (Å²) in [5, 5.41) is -0.0802. The first-order valence-electron chi connectivity index (χ1n) is 8.31. The second-order valence-corrected chi connectivity index (χ2v) is 6.62. The van der Waals surface area contributed by atoms with Crippen LogP contribution in [0.25, 0.3) is 22.6 Å². The highest BCUT2D eigenvalue weighted by Gasteiger charge is 2.31. The van der Waals surface area contributed by atoms with Gasteiger partial charge in [-0.2, -0.15) is 17.7 Å². The van der Waals surface area contributed by atoms with Crippen molar-refractivity contribution >= 4 is 17.2 Å². The van der Waals surface area contributed by atoms with Crippen LogP contribution in [-0.2, 0) is 6.18 Å². The van der Waals surface area contributed by atoms with Crippen LogP contribution in [0.15, 0.2) is 65.5 Å². The number of fused-ring (bicyclic) bond motifs is 1. The zero-order valence-electron chi connectivity index (χ0n) is 14.5. The molecule has 4 rings (SSSR count). The number of nitrogens with zero attached hydrogens (tertiary/aromatic N) is 3. The quantitative estimate of drug-likeness (QED) is 0.465. The zero-order valence-corrected chi connectivity index (χ0v) is 15.3. The first-order chi connectivity index (χ1) is 13.3. The summed E-state index contributed by atoms with van der Waals surface area (Å²) in [6.45, 7) is 1.60. The minimum Gasteiger partial charge on any atom is -0.266 e. The van der Waals surface area contributed by atoms with Crippen molar-refractivity contribution in [2.45, 2.75) is 13.1 Å². The molecule has 0 unspecified atom stereocenters. The van der Waals surface area contributed by atoms with E-state index in [2.05, 4.69) is 4.98 Å². The molecule has 0 amide bonds. The molecule has 8 heteroatoms. The zero-order chi connectivity index (χ0) is 20.1. The van der Waals surface area contributed by atoms with Crippen molar-refractivity contribution in [3.05, 3.63) is 87.3 Å². The van der Waals surface area contributed by atoms with Gasteiger partial charge in [0.25, 0.3) is 5.56 Å². The van der Waals surface area contributed by atoms with Crippen LogP contribution >= 0.6 is 11.6 Å². The largest absolute Gasteiger partial charge is 0.416 e. The van der Waals surface area contributed by atoms with Gasteiger partial charge in [-0.05, 0) is 25.1 Å². The van der Waals surface area contributed by atoms with Crippen LogP contribution in [0.3, 0.4) is 0 Å². The maximum Gasteiger partial charge on any atom is 0.416 e. The summed E-state index contributed by atoms with van der Waals surface area (Å²) >= 11 is 6.09. The molecule has 28 heavy (non-hydrogen) atoms. The van der Waals surface area contributed by atoms with Crippen LogP contribution in [-0.4, -0.2) is 14.2 Å². The fourth-order valence-electron chi connectivity index (χ4n) is 3.08. The highest BCUT2D eigenvalue weighted by atomic mass is 35.5. The molecule has 0 saturated heterocycles. The molecular formula is C20H13ClF3N3O. The van der Waals surface area contributed by atoms with Gasteiger partial charge in [-0.3, -0.25) is 4.79 Å². The summed E-state index contributed by atoms with van der Waals surface area (Å²) in [6.07, 6.45) is -4.51. The van der Waals surface area contributed by atoms with E-state index < -0.39 is 17.3 Å². The topological polar surface area (TPSA) is 39.3 Å². The van der Waals surface area contributed by atoms with Gasteiger partial charge in [0.1, 0.15) is 5.02 Å². The second kappa shape index (κ2) is 6.53. The molecule has 142 valence electrons. The monoisotopic (exact) mass is 403 g/mol. The number of alkyl halides is 3. The minimum absolute atomic E-state index is 0.0802. The summed E-state index contributed by atoms with van der Waals surface area (Å²) in [4.78, 5) is 17.1. The van der Waals surface area contributed by atoms with E-state index in [1.165, 1.54) is 21.3 Å². The Morgan fingerprint density at radius 1 is 1.00 bits per heavy atom. The maximum absolute atomic E-state index is 13.2. The Bertz CT molecular complexity index is 1240. The van der Waals surface area contributed by atoms with Crippen molar-refractivity contribution in [1.82, 2.24) is 14.2 Å². The molecule has 0 N–H and O–H groups in total. The second-order valence-electron chi connectivity index (χ2n) is 6.24. The van der Waals surface area contributed by atoms with Crippen LogP contribution in [0.5, 0.6) is 0 Å². The third-order valence-electron chi connectivity index (χ3n) is 4.38. The molecule has 0 fully saturated rings. The molecule has 0 spiro atoms. The predicted molar refractivity (Wildman–Crippen MR) is 101 cm³/mol. The van der Waals surface area contributed by atoms with E-state index in [-0.39, 0.29) is 10.7 Å². The molecule has 2 aromatic heterocycles. The molecular weight excluding hydrogens is 391 g/mol. The SMILES string of the molecule is Cc1nc2cc(-c3ccccc3)n(-c3cccc(C(F)(F)F)c3)n2c(=O)c1Cl. The Balaban J connectivity index is 2.12. The van der Waals surface area contributed by atoms with E-state index in [1.807, 2.05) is 6.07 Å². The Hall–Kier alpha value is -3.06. The van der Waals surface area contributed by atoms with Crippen LogP contribution in [0.4, 0.5) is 13.2 Å². The van der Waals surface area contributed by atoms with Gasteiger partial charge in [0.05, 0.1) is 22.6 Å². The smallest absolute Gasteiger partial charge is 0.266 e. The third kappa shape index (κ3) is 2.97. The van der Waals surface area contributed by atoms with Crippen LogP contribution in [0.1, 0.15) is 11.3 Å².